The fourth-order valence-electron chi connectivity index (χ4n) is 3.80. The zero-order valence-corrected chi connectivity index (χ0v) is 13.0. The highest BCUT2D eigenvalue weighted by Crippen LogP contribution is 2.38. The van der Waals surface area contributed by atoms with Crippen LogP contribution in [-0.4, -0.2) is 42.0 Å². The molecule has 1 unspecified atom stereocenters. The number of Topliss-reactive ketones (excluding diaryl/α,β-unsaturated/α-hetero) is 1. The Bertz CT molecular complexity index is 620. The summed E-state index contributed by atoms with van der Waals surface area (Å²) in [7, 11) is -4.30. The van der Waals surface area contributed by atoms with Gasteiger partial charge in [0.2, 0.25) is 0 Å². The van der Waals surface area contributed by atoms with Gasteiger partial charge in [0, 0.05) is 24.7 Å². The molecule has 1 saturated carbocycles. The van der Waals surface area contributed by atoms with E-state index in [-0.39, 0.29) is 18.1 Å². The van der Waals surface area contributed by atoms with Gasteiger partial charge < -0.3 is 4.90 Å². The fraction of sp³-hybridized carbons (Fsp3) is 0.667. The van der Waals surface area contributed by atoms with Crippen LogP contribution in [0.25, 0.3) is 0 Å². The Morgan fingerprint density at radius 2 is 2.10 bits per heavy atom. The van der Waals surface area contributed by atoms with Gasteiger partial charge in [0.1, 0.15) is 5.25 Å². The predicted molar refractivity (Wildman–Crippen MR) is 79.2 cm³/mol. The lowest BCUT2D eigenvalue weighted by molar-refractivity contribution is -0.124. The molecule has 6 heteroatoms. The average Bonchev–Trinajstić information content (AvgIpc) is 2.84. The minimum absolute atomic E-state index is 0.117. The zero-order valence-electron chi connectivity index (χ0n) is 12.2. The number of nitrogens with zero attached hydrogens (tertiary/aromatic N) is 1. The average molecular weight is 311 g/mol. The van der Waals surface area contributed by atoms with Crippen LogP contribution >= 0.6 is 0 Å². The minimum Gasteiger partial charge on any atom is -0.371 e. The predicted octanol–water partition coefficient (Wildman–Crippen LogP) is 1.78. The number of hydrogen-bond donors (Lipinski definition) is 1. The van der Waals surface area contributed by atoms with Crippen molar-refractivity contribution in [1.82, 2.24) is 4.90 Å². The van der Waals surface area contributed by atoms with E-state index < -0.39 is 21.3 Å². The Labute approximate surface area is 125 Å². The largest absolute Gasteiger partial charge is 0.371 e. The van der Waals surface area contributed by atoms with E-state index in [9.17, 15) is 17.8 Å². The van der Waals surface area contributed by atoms with Gasteiger partial charge in [-0.15, -0.1) is 0 Å². The highest BCUT2D eigenvalue weighted by Gasteiger charge is 2.43. The molecule has 2 heterocycles. The monoisotopic (exact) mass is 311 g/mol. The summed E-state index contributed by atoms with van der Waals surface area (Å²) >= 11 is 0. The van der Waals surface area contributed by atoms with E-state index in [0.717, 1.165) is 31.5 Å². The van der Waals surface area contributed by atoms with Gasteiger partial charge in [-0.3, -0.25) is 9.35 Å². The normalized spacial score (nSPS) is 33.5. The number of carbonyl (C=O) groups excluding carboxylic acids is 1. The van der Waals surface area contributed by atoms with Gasteiger partial charge >= 0.3 is 0 Å². The lowest BCUT2D eigenvalue weighted by Crippen LogP contribution is -2.43. The molecule has 0 spiro atoms. The fourth-order valence-corrected chi connectivity index (χ4v) is 4.67. The third-order valence-electron chi connectivity index (χ3n) is 4.94. The van der Waals surface area contributed by atoms with Crippen molar-refractivity contribution < 1.29 is 17.8 Å². The Hall–Kier alpha value is -1.14. The lowest BCUT2D eigenvalue weighted by Gasteiger charge is -2.34. The van der Waals surface area contributed by atoms with Crippen molar-refractivity contribution in [3.8, 4) is 0 Å². The Kier molecular flexibility index (Phi) is 3.69. The molecule has 21 heavy (non-hydrogen) atoms. The number of carbonyl (C=O) groups is 1. The quantitative estimate of drug-likeness (QED) is 0.787. The van der Waals surface area contributed by atoms with Crippen LogP contribution in [0.2, 0.25) is 0 Å². The summed E-state index contributed by atoms with van der Waals surface area (Å²) in [6, 6.07) is 0. The maximum Gasteiger partial charge on any atom is 0.275 e. The maximum absolute atomic E-state index is 12.6. The topological polar surface area (TPSA) is 74.7 Å². The van der Waals surface area contributed by atoms with Gasteiger partial charge in [-0.25, -0.2) is 0 Å². The molecule has 3 atom stereocenters. The van der Waals surface area contributed by atoms with E-state index in [1.165, 1.54) is 5.70 Å². The molecule has 3 rings (SSSR count). The summed E-state index contributed by atoms with van der Waals surface area (Å²) in [5, 5.41) is -1.25. The van der Waals surface area contributed by atoms with Crippen LogP contribution in [0, 0.1) is 11.8 Å². The second kappa shape index (κ2) is 5.25. The number of fused-ring (bicyclic) bond motifs is 1. The molecule has 0 aromatic rings. The molecule has 0 radical (unpaired) electrons. The zero-order chi connectivity index (χ0) is 15.2. The Morgan fingerprint density at radius 1 is 1.33 bits per heavy atom. The SMILES string of the molecule is C[C@H]1CCC(S(=O)(=O)O)C(=O)[C@@H]1C1=CCN2CCCC2=C1. The number of rotatable bonds is 2. The van der Waals surface area contributed by atoms with Crippen molar-refractivity contribution in [2.24, 2.45) is 11.8 Å². The van der Waals surface area contributed by atoms with E-state index in [1.807, 2.05) is 13.0 Å². The van der Waals surface area contributed by atoms with Crippen LogP contribution < -0.4 is 0 Å². The summed E-state index contributed by atoms with van der Waals surface area (Å²) in [4.78, 5) is 14.8. The molecule has 0 amide bonds. The molecule has 0 bridgehead atoms. The van der Waals surface area contributed by atoms with E-state index in [0.29, 0.717) is 6.42 Å². The molecular formula is C15H21NO4S. The van der Waals surface area contributed by atoms with E-state index in [4.69, 9.17) is 0 Å². The van der Waals surface area contributed by atoms with Crippen LogP contribution in [0.5, 0.6) is 0 Å². The van der Waals surface area contributed by atoms with Gasteiger partial charge in [0.25, 0.3) is 10.1 Å². The first-order valence-corrected chi connectivity index (χ1v) is 9.04. The van der Waals surface area contributed by atoms with Crippen LogP contribution in [-0.2, 0) is 14.9 Å². The number of ketones is 1. The summed E-state index contributed by atoms with van der Waals surface area (Å²) in [6.07, 6.45) is 7.13. The van der Waals surface area contributed by atoms with Gasteiger partial charge in [-0.05, 0) is 43.3 Å². The smallest absolute Gasteiger partial charge is 0.275 e. The van der Waals surface area contributed by atoms with E-state index in [2.05, 4.69) is 11.0 Å². The molecule has 5 nitrogen and oxygen atoms in total. The molecular weight excluding hydrogens is 290 g/mol. The summed E-state index contributed by atoms with van der Waals surface area (Å²) in [5.74, 6) is -0.627. The molecule has 3 aliphatic rings. The van der Waals surface area contributed by atoms with Crippen LogP contribution in [0.1, 0.15) is 32.6 Å². The van der Waals surface area contributed by atoms with Crippen molar-refractivity contribution in [3.05, 3.63) is 23.4 Å². The van der Waals surface area contributed by atoms with Gasteiger partial charge in [-0.1, -0.05) is 13.0 Å². The lowest BCUT2D eigenvalue weighted by atomic mass is 9.74. The first kappa shape index (κ1) is 14.8. The summed E-state index contributed by atoms with van der Waals surface area (Å²) < 4.78 is 32.1. The van der Waals surface area contributed by atoms with Crippen LogP contribution in [0.15, 0.2) is 23.4 Å². The second-order valence-electron chi connectivity index (χ2n) is 6.33. The first-order valence-electron chi connectivity index (χ1n) is 7.53. The standard InChI is InChI=1S/C15H21NO4S/c1-10-4-5-13(21(18,19)20)15(17)14(10)11-6-8-16-7-2-3-12(16)9-11/h6,9-10,13-14H,2-5,7-8H2,1H3,(H,18,19,20)/t10-,13?,14-/m0/s1. The van der Waals surface area contributed by atoms with Crippen molar-refractivity contribution in [3.63, 3.8) is 0 Å². The summed E-state index contributed by atoms with van der Waals surface area (Å²) in [5.41, 5.74) is 2.19. The Balaban J connectivity index is 1.89. The van der Waals surface area contributed by atoms with Crippen LogP contribution in [0.3, 0.4) is 0 Å². The number of hydrogen-bond acceptors (Lipinski definition) is 4. The molecule has 116 valence electrons. The summed E-state index contributed by atoms with van der Waals surface area (Å²) in [6.45, 7) is 3.84. The molecule has 2 aliphatic heterocycles. The third kappa shape index (κ3) is 2.66. The van der Waals surface area contributed by atoms with Gasteiger partial charge in [0.05, 0.1) is 0 Å². The molecule has 1 saturated heterocycles. The van der Waals surface area contributed by atoms with Crippen molar-refractivity contribution in [2.75, 3.05) is 13.1 Å². The third-order valence-corrected chi connectivity index (χ3v) is 6.13. The molecule has 1 N–H and O–H groups in total. The molecule has 1 aliphatic carbocycles. The van der Waals surface area contributed by atoms with Crippen molar-refractivity contribution in [1.29, 1.82) is 0 Å². The minimum atomic E-state index is -4.30. The highest BCUT2D eigenvalue weighted by atomic mass is 32.2. The first-order chi connectivity index (χ1) is 9.88. The Morgan fingerprint density at radius 3 is 2.81 bits per heavy atom. The molecule has 2 fully saturated rings. The molecule has 0 aromatic heterocycles. The van der Waals surface area contributed by atoms with Crippen molar-refractivity contribution >= 4 is 15.9 Å². The van der Waals surface area contributed by atoms with Crippen LogP contribution in [0.4, 0.5) is 0 Å². The van der Waals surface area contributed by atoms with Gasteiger partial charge in [0.15, 0.2) is 5.78 Å². The molecule has 0 aromatic carbocycles. The van der Waals surface area contributed by atoms with Gasteiger partial charge in [-0.2, -0.15) is 8.42 Å². The maximum atomic E-state index is 12.6. The second-order valence-corrected chi connectivity index (χ2v) is 7.93. The number of allylic oxidation sites excluding steroid dienone is 3. The van der Waals surface area contributed by atoms with Crippen molar-refractivity contribution in [2.45, 2.75) is 37.9 Å². The van der Waals surface area contributed by atoms with E-state index >= 15 is 0 Å². The van der Waals surface area contributed by atoms with E-state index in [1.54, 1.807) is 0 Å². The highest BCUT2D eigenvalue weighted by molar-refractivity contribution is 7.87.